The first kappa shape index (κ1) is 17.1. The molecule has 0 aliphatic carbocycles. The van der Waals surface area contributed by atoms with E-state index in [9.17, 15) is 14.9 Å². The molecule has 0 unspecified atom stereocenters. The van der Waals surface area contributed by atoms with E-state index in [0.717, 1.165) is 10.0 Å². The second kappa shape index (κ2) is 6.50. The van der Waals surface area contributed by atoms with E-state index in [1.807, 2.05) is 6.07 Å². The highest BCUT2D eigenvalue weighted by Crippen LogP contribution is 2.30. The molecule has 0 bridgehead atoms. The van der Waals surface area contributed by atoms with Crippen LogP contribution in [0.5, 0.6) is 0 Å². The van der Waals surface area contributed by atoms with Gasteiger partial charge in [-0.1, -0.05) is 48.8 Å². The molecule has 23 heavy (non-hydrogen) atoms. The van der Waals surface area contributed by atoms with E-state index in [1.165, 1.54) is 18.2 Å². The van der Waals surface area contributed by atoms with Crippen LogP contribution in [0.4, 0.5) is 11.4 Å². The molecule has 0 aliphatic heterocycles. The Morgan fingerprint density at radius 3 is 2.43 bits per heavy atom. The molecule has 120 valence electrons. The van der Waals surface area contributed by atoms with Crippen molar-refractivity contribution in [3.63, 3.8) is 0 Å². The number of nitro benzene ring substituents is 1. The fraction of sp³-hybridized carbons (Fsp3) is 0.235. The van der Waals surface area contributed by atoms with E-state index in [0.29, 0.717) is 11.3 Å². The van der Waals surface area contributed by atoms with Crippen LogP contribution in [-0.2, 0) is 5.41 Å². The number of nitro groups is 1. The Morgan fingerprint density at radius 2 is 1.87 bits per heavy atom. The minimum Gasteiger partial charge on any atom is -0.322 e. The van der Waals surface area contributed by atoms with E-state index in [2.05, 4.69) is 42.0 Å². The monoisotopic (exact) mass is 376 g/mol. The lowest BCUT2D eigenvalue weighted by atomic mass is 9.86. The third kappa shape index (κ3) is 4.16. The minimum absolute atomic E-state index is 0.0338. The smallest absolute Gasteiger partial charge is 0.271 e. The van der Waals surface area contributed by atoms with Gasteiger partial charge in [-0.05, 0) is 29.2 Å². The standard InChI is InChI=1S/C17H17BrN2O3/c1-17(2,3)14-8-7-11(9-15(14)18)16(21)19-12-5-4-6-13(10-12)20(22)23/h4-10H,1-3H3,(H,19,21). The van der Waals surface area contributed by atoms with Crippen molar-refractivity contribution in [2.45, 2.75) is 26.2 Å². The Labute approximate surface area is 143 Å². The third-order valence-corrected chi connectivity index (χ3v) is 4.01. The summed E-state index contributed by atoms with van der Waals surface area (Å²) in [6.07, 6.45) is 0. The van der Waals surface area contributed by atoms with Gasteiger partial charge in [0.15, 0.2) is 0 Å². The molecule has 0 saturated carbocycles. The van der Waals surface area contributed by atoms with Crippen molar-refractivity contribution in [2.75, 3.05) is 5.32 Å². The maximum absolute atomic E-state index is 12.3. The summed E-state index contributed by atoms with van der Waals surface area (Å²) in [5, 5.41) is 13.4. The van der Waals surface area contributed by atoms with Gasteiger partial charge in [0.05, 0.1) is 4.92 Å². The molecule has 2 aromatic carbocycles. The molecule has 0 aromatic heterocycles. The van der Waals surface area contributed by atoms with Crippen molar-refractivity contribution in [2.24, 2.45) is 0 Å². The molecule has 6 heteroatoms. The zero-order chi connectivity index (χ0) is 17.2. The van der Waals surface area contributed by atoms with Gasteiger partial charge in [0.2, 0.25) is 0 Å². The summed E-state index contributed by atoms with van der Waals surface area (Å²) in [4.78, 5) is 22.6. The van der Waals surface area contributed by atoms with Gasteiger partial charge in [-0.2, -0.15) is 0 Å². The van der Waals surface area contributed by atoms with E-state index in [4.69, 9.17) is 0 Å². The van der Waals surface area contributed by atoms with Crippen LogP contribution in [-0.4, -0.2) is 10.8 Å². The second-order valence-corrected chi connectivity index (χ2v) is 7.06. The van der Waals surface area contributed by atoms with Gasteiger partial charge < -0.3 is 5.32 Å². The lowest BCUT2D eigenvalue weighted by Gasteiger charge is -2.21. The fourth-order valence-electron chi connectivity index (χ4n) is 2.17. The number of amides is 1. The molecule has 0 saturated heterocycles. The van der Waals surface area contributed by atoms with E-state index in [-0.39, 0.29) is 17.0 Å². The highest BCUT2D eigenvalue weighted by atomic mass is 79.9. The average Bonchev–Trinajstić information content (AvgIpc) is 2.46. The molecule has 2 aromatic rings. The summed E-state index contributed by atoms with van der Waals surface area (Å²) in [7, 11) is 0. The van der Waals surface area contributed by atoms with Crippen molar-refractivity contribution in [3.8, 4) is 0 Å². The summed E-state index contributed by atoms with van der Waals surface area (Å²) < 4.78 is 0.858. The van der Waals surface area contributed by atoms with Gasteiger partial charge in [-0.3, -0.25) is 14.9 Å². The Hall–Kier alpha value is -2.21. The van der Waals surface area contributed by atoms with Crippen LogP contribution in [0, 0.1) is 10.1 Å². The molecule has 1 N–H and O–H groups in total. The molecule has 0 spiro atoms. The van der Waals surface area contributed by atoms with Crippen LogP contribution in [0.3, 0.4) is 0 Å². The normalized spacial score (nSPS) is 11.1. The van der Waals surface area contributed by atoms with Crippen molar-refractivity contribution in [3.05, 3.63) is 68.2 Å². The number of halogens is 1. The van der Waals surface area contributed by atoms with Gasteiger partial charge in [-0.15, -0.1) is 0 Å². The van der Waals surface area contributed by atoms with Gasteiger partial charge in [0, 0.05) is 27.9 Å². The number of non-ortho nitro benzene ring substituents is 1. The predicted octanol–water partition coefficient (Wildman–Crippen LogP) is 4.91. The van der Waals surface area contributed by atoms with Crippen molar-refractivity contribution in [1.29, 1.82) is 0 Å². The van der Waals surface area contributed by atoms with Gasteiger partial charge >= 0.3 is 0 Å². The first-order valence-corrected chi connectivity index (χ1v) is 7.83. The molecule has 0 radical (unpaired) electrons. The van der Waals surface area contributed by atoms with Crippen LogP contribution in [0.25, 0.3) is 0 Å². The maximum atomic E-state index is 12.3. The fourth-order valence-corrected chi connectivity index (χ4v) is 3.14. The minimum atomic E-state index is -0.496. The molecular formula is C17H17BrN2O3. The lowest BCUT2D eigenvalue weighted by Crippen LogP contribution is -2.15. The topological polar surface area (TPSA) is 72.2 Å². The number of carbonyl (C=O) groups excluding carboxylic acids is 1. The largest absolute Gasteiger partial charge is 0.322 e. The van der Waals surface area contributed by atoms with E-state index >= 15 is 0 Å². The summed E-state index contributed by atoms with van der Waals surface area (Å²) in [6, 6.07) is 11.3. The second-order valence-electron chi connectivity index (χ2n) is 6.21. The Balaban J connectivity index is 2.23. The summed E-state index contributed by atoms with van der Waals surface area (Å²) in [5.74, 6) is -0.313. The number of nitrogens with one attached hydrogen (secondary N) is 1. The predicted molar refractivity (Wildman–Crippen MR) is 93.9 cm³/mol. The summed E-state index contributed by atoms with van der Waals surface area (Å²) in [6.45, 7) is 6.28. The molecule has 0 atom stereocenters. The zero-order valence-corrected chi connectivity index (χ0v) is 14.7. The quantitative estimate of drug-likeness (QED) is 0.610. The SMILES string of the molecule is CC(C)(C)c1ccc(C(=O)Nc2cccc([N+](=O)[O-])c2)cc1Br. The molecule has 0 aliphatic rings. The Bertz CT molecular complexity index is 767. The van der Waals surface area contributed by atoms with Gasteiger partial charge in [-0.25, -0.2) is 0 Å². The Morgan fingerprint density at radius 1 is 1.17 bits per heavy atom. The first-order chi connectivity index (χ1) is 10.7. The van der Waals surface area contributed by atoms with Crippen LogP contribution in [0.1, 0.15) is 36.7 Å². The molecule has 5 nitrogen and oxygen atoms in total. The molecule has 2 rings (SSSR count). The average molecular weight is 377 g/mol. The number of anilines is 1. The number of benzene rings is 2. The van der Waals surface area contributed by atoms with Gasteiger partial charge in [0.25, 0.3) is 11.6 Å². The van der Waals surface area contributed by atoms with Crippen LogP contribution < -0.4 is 5.32 Å². The highest BCUT2D eigenvalue weighted by Gasteiger charge is 2.18. The van der Waals surface area contributed by atoms with E-state index in [1.54, 1.807) is 18.2 Å². The summed E-state index contributed by atoms with van der Waals surface area (Å²) >= 11 is 3.50. The molecule has 1 amide bonds. The number of carbonyl (C=O) groups is 1. The number of hydrogen-bond donors (Lipinski definition) is 1. The molecular weight excluding hydrogens is 360 g/mol. The number of rotatable bonds is 3. The zero-order valence-electron chi connectivity index (χ0n) is 13.1. The summed E-state index contributed by atoms with van der Waals surface area (Å²) in [5.41, 5.74) is 1.88. The lowest BCUT2D eigenvalue weighted by molar-refractivity contribution is -0.384. The van der Waals surface area contributed by atoms with Crippen LogP contribution >= 0.6 is 15.9 Å². The van der Waals surface area contributed by atoms with Crippen LogP contribution in [0.2, 0.25) is 0 Å². The first-order valence-electron chi connectivity index (χ1n) is 7.04. The molecule has 0 fully saturated rings. The highest BCUT2D eigenvalue weighted by molar-refractivity contribution is 9.10. The molecule has 0 heterocycles. The number of nitrogens with zero attached hydrogens (tertiary/aromatic N) is 1. The van der Waals surface area contributed by atoms with E-state index < -0.39 is 4.92 Å². The van der Waals surface area contributed by atoms with Crippen LogP contribution in [0.15, 0.2) is 46.9 Å². The van der Waals surface area contributed by atoms with Crippen molar-refractivity contribution in [1.82, 2.24) is 0 Å². The number of hydrogen-bond acceptors (Lipinski definition) is 3. The third-order valence-electron chi connectivity index (χ3n) is 3.35. The Kier molecular flexibility index (Phi) is 4.85. The van der Waals surface area contributed by atoms with Gasteiger partial charge in [0.1, 0.15) is 0 Å². The van der Waals surface area contributed by atoms with Crippen molar-refractivity contribution >= 4 is 33.2 Å². The van der Waals surface area contributed by atoms with Crippen molar-refractivity contribution < 1.29 is 9.72 Å². The maximum Gasteiger partial charge on any atom is 0.271 e.